The minimum absolute atomic E-state index is 0.248. The summed E-state index contributed by atoms with van der Waals surface area (Å²) >= 11 is 0. The Morgan fingerprint density at radius 3 is 2.67 bits per heavy atom. The average molecular weight is 204 g/mol. The molecule has 3 heteroatoms. The number of hydrogen-bond donors (Lipinski definition) is 1. The first-order chi connectivity index (χ1) is 7.15. The van der Waals surface area contributed by atoms with Gasteiger partial charge in [0.2, 0.25) is 0 Å². The molecule has 15 heavy (non-hydrogen) atoms. The van der Waals surface area contributed by atoms with Gasteiger partial charge < -0.3 is 0 Å². The number of nitriles is 1. The van der Waals surface area contributed by atoms with Gasteiger partial charge in [0, 0.05) is 5.57 Å². The maximum Gasteiger partial charge on any atom is 0.259 e. The van der Waals surface area contributed by atoms with Crippen LogP contribution in [0.3, 0.4) is 0 Å². The number of carbonyl (C=O) groups is 1. The minimum Gasteiger partial charge on any atom is -0.269 e. The molecule has 2 aliphatic carbocycles. The molecule has 0 heterocycles. The molecule has 1 amide bonds. The third-order valence-corrected chi connectivity index (χ3v) is 3.85. The van der Waals surface area contributed by atoms with Crippen LogP contribution in [0.25, 0.3) is 0 Å². The fraction of sp³-hybridized carbons (Fsp3) is 0.667. The van der Waals surface area contributed by atoms with Gasteiger partial charge in [0.05, 0.1) is 0 Å². The molecule has 0 unspecified atom stereocenters. The Labute approximate surface area is 90.2 Å². The number of nitrogens with zero attached hydrogens (tertiary/aromatic N) is 1. The van der Waals surface area contributed by atoms with Crippen molar-refractivity contribution in [2.45, 2.75) is 39.0 Å². The highest BCUT2D eigenvalue weighted by Gasteiger charge is 2.43. The lowest BCUT2D eigenvalue weighted by Gasteiger charge is -2.22. The molecule has 1 N–H and O–H groups in total. The molecule has 0 atom stereocenters. The zero-order valence-corrected chi connectivity index (χ0v) is 9.05. The Hall–Kier alpha value is -1.30. The summed E-state index contributed by atoms with van der Waals surface area (Å²) in [4.78, 5) is 11.4. The first-order valence-electron chi connectivity index (χ1n) is 5.54. The fourth-order valence-corrected chi connectivity index (χ4v) is 3.11. The molecule has 2 fully saturated rings. The van der Waals surface area contributed by atoms with Gasteiger partial charge in [-0.1, -0.05) is 6.08 Å². The van der Waals surface area contributed by atoms with Gasteiger partial charge in [-0.3, -0.25) is 10.1 Å². The van der Waals surface area contributed by atoms with E-state index in [1.165, 1.54) is 32.1 Å². The van der Waals surface area contributed by atoms with Crippen LogP contribution in [0.15, 0.2) is 11.6 Å². The molecular weight excluding hydrogens is 188 g/mol. The maximum absolute atomic E-state index is 11.4. The van der Waals surface area contributed by atoms with Gasteiger partial charge in [0.25, 0.3) is 5.91 Å². The van der Waals surface area contributed by atoms with E-state index in [2.05, 4.69) is 11.4 Å². The molecule has 0 aromatic rings. The Balaban J connectivity index is 2.09. The second kappa shape index (κ2) is 3.69. The second-order valence-electron chi connectivity index (χ2n) is 4.90. The second-order valence-corrected chi connectivity index (χ2v) is 4.90. The highest BCUT2D eigenvalue weighted by molar-refractivity contribution is 5.93. The molecule has 80 valence electrons. The SMILES string of the molecule is CC(=CC12CCC(CC1)C2)C(=O)NC#N. The quantitative estimate of drug-likeness (QED) is 0.425. The maximum atomic E-state index is 11.4. The van der Waals surface area contributed by atoms with E-state index < -0.39 is 0 Å². The molecule has 3 nitrogen and oxygen atoms in total. The van der Waals surface area contributed by atoms with Crippen LogP contribution in [0.5, 0.6) is 0 Å². The monoisotopic (exact) mass is 204 g/mol. The number of hydrogen-bond acceptors (Lipinski definition) is 2. The molecule has 2 rings (SSSR count). The van der Waals surface area contributed by atoms with Crippen LogP contribution in [0.4, 0.5) is 0 Å². The van der Waals surface area contributed by atoms with Gasteiger partial charge in [0.15, 0.2) is 6.19 Å². The van der Waals surface area contributed by atoms with Gasteiger partial charge in [-0.05, 0) is 50.4 Å². The van der Waals surface area contributed by atoms with E-state index >= 15 is 0 Å². The van der Waals surface area contributed by atoms with E-state index in [1.54, 1.807) is 13.1 Å². The van der Waals surface area contributed by atoms with Crippen LogP contribution >= 0.6 is 0 Å². The van der Waals surface area contributed by atoms with Crippen molar-refractivity contribution < 1.29 is 4.79 Å². The smallest absolute Gasteiger partial charge is 0.259 e. The number of rotatable bonds is 2. The molecule has 2 saturated carbocycles. The van der Waals surface area contributed by atoms with Crippen molar-refractivity contribution in [2.24, 2.45) is 11.3 Å². The largest absolute Gasteiger partial charge is 0.269 e. The van der Waals surface area contributed by atoms with Crippen molar-refractivity contribution in [3.63, 3.8) is 0 Å². The molecule has 0 spiro atoms. The van der Waals surface area contributed by atoms with Gasteiger partial charge in [-0.15, -0.1) is 0 Å². The third kappa shape index (κ3) is 1.90. The number of nitrogens with one attached hydrogen (secondary N) is 1. The standard InChI is InChI=1S/C12H16N2O/c1-9(11(15)14-8-13)6-12-4-2-10(7-12)3-5-12/h6,10H,2-5,7H2,1H3,(H,14,15). The summed E-state index contributed by atoms with van der Waals surface area (Å²) in [5.41, 5.74) is 0.973. The number of amides is 1. The van der Waals surface area contributed by atoms with Crippen LogP contribution < -0.4 is 5.32 Å². The van der Waals surface area contributed by atoms with Crippen molar-refractivity contribution in [1.29, 1.82) is 5.26 Å². The van der Waals surface area contributed by atoms with E-state index in [0.717, 1.165) is 5.92 Å². The minimum atomic E-state index is -0.248. The van der Waals surface area contributed by atoms with Crippen molar-refractivity contribution >= 4 is 5.91 Å². The van der Waals surface area contributed by atoms with Crippen molar-refractivity contribution in [1.82, 2.24) is 5.32 Å². The molecule has 0 aromatic carbocycles. The summed E-state index contributed by atoms with van der Waals surface area (Å²) in [7, 11) is 0. The Kier molecular flexibility index (Phi) is 2.52. The molecule has 2 bridgehead atoms. The summed E-state index contributed by atoms with van der Waals surface area (Å²) in [6, 6.07) is 0. The molecule has 2 aliphatic rings. The van der Waals surface area contributed by atoms with Crippen LogP contribution in [0.1, 0.15) is 39.0 Å². The fourth-order valence-electron chi connectivity index (χ4n) is 3.11. The highest BCUT2D eigenvalue weighted by Crippen LogP contribution is 2.55. The van der Waals surface area contributed by atoms with Crippen molar-refractivity contribution in [3.05, 3.63) is 11.6 Å². The van der Waals surface area contributed by atoms with Crippen LogP contribution in [-0.4, -0.2) is 5.91 Å². The van der Waals surface area contributed by atoms with Crippen molar-refractivity contribution in [2.75, 3.05) is 0 Å². The Morgan fingerprint density at radius 2 is 2.20 bits per heavy atom. The van der Waals surface area contributed by atoms with Gasteiger partial charge >= 0.3 is 0 Å². The van der Waals surface area contributed by atoms with E-state index in [4.69, 9.17) is 5.26 Å². The summed E-state index contributed by atoms with van der Waals surface area (Å²) in [5.74, 6) is 0.635. The van der Waals surface area contributed by atoms with Crippen LogP contribution in [-0.2, 0) is 4.79 Å². The number of allylic oxidation sites excluding steroid dienone is 1. The summed E-state index contributed by atoms with van der Waals surface area (Å²) in [5, 5.41) is 10.5. The predicted octanol–water partition coefficient (Wildman–Crippen LogP) is 2.11. The normalized spacial score (nSPS) is 33.9. The summed E-state index contributed by atoms with van der Waals surface area (Å²) in [6.07, 6.45) is 10.1. The van der Waals surface area contributed by atoms with E-state index in [0.29, 0.717) is 5.57 Å². The molecule has 0 aliphatic heterocycles. The van der Waals surface area contributed by atoms with Gasteiger partial charge in [0.1, 0.15) is 0 Å². The Bertz CT molecular complexity index is 343. The van der Waals surface area contributed by atoms with Gasteiger partial charge in [-0.2, -0.15) is 5.26 Å². The Morgan fingerprint density at radius 1 is 1.53 bits per heavy atom. The van der Waals surface area contributed by atoms with Crippen LogP contribution in [0.2, 0.25) is 0 Å². The van der Waals surface area contributed by atoms with Crippen molar-refractivity contribution in [3.8, 4) is 6.19 Å². The molecule has 0 aromatic heterocycles. The number of carbonyl (C=O) groups excluding carboxylic acids is 1. The zero-order valence-electron chi connectivity index (χ0n) is 9.05. The highest BCUT2D eigenvalue weighted by atomic mass is 16.1. The van der Waals surface area contributed by atoms with Gasteiger partial charge in [-0.25, -0.2) is 0 Å². The first kappa shape index (κ1) is 10.2. The lowest BCUT2D eigenvalue weighted by atomic mass is 9.82. The average Bonchev–Trinajstić information content (AvgIpc) is 2.77. The van der Waals surface area contributed by atoms with E-state index in [-0.39, 0.29) is 11.3 Å². The number of fused-ring (bicyclic) bond motifs is 2. The summed E-state index contributed by atoms with van der Waals surface area (Å²) < 4.78 is 0. The lowest BCUT2D eigenvalue weighted by molar-refractivity contribution is -0.116. The van der Waals surface area contributed by atoms with E-state index in [9.17, 15) is 4.79 Å². The molecule has 0 radical (unpaired) electrons. The predicted molar refractivity (Wildman–Crippen MR) is 56.5 cm³/mol. The third-order valence-electron chi connectivity index (χ3n) is 3.85. The first-order valence-corrected chi connectivity index (χ1v) is 5.54. The van der Waals surface area contributed by atoms with E-state index in [1.807, 2.05) is 0 Å². The summed E-state index contributed by atoms with van der Waals surface area (Å²) in [6.45, 7) is 1.80. The molecular formula is C12H16N2O. The van der Waals surface area contributed by atoms with Crippen LogP contribution in [0, 0.1) is 22.8 Å². The molecule has 0 saturated heterocycles. The zero-order chi connectivity index (χ0) is 10.9. The lowest BCUT2D eigenvalue weighted by Crippen LogP contribution is -2.20. The topological polar surface area (TPSA) is 52.9 Å².